The van der Waals surface area contributed by atoms with E-state index in [1.807, 2.05) is 4.90 Å². The first kappa shape index (κ1) is 15.9. The van der Waals surface area contributed by atoms with Crippen LogP contribution in [-0.2, 0) is 4.74 Å². The fourth-order valence-electron chi connectivity index (χ4n) is 2.26. The third-order valence-electron chi connectivity index (χ3n) is 3.39. The molecular formula is C14H19N3O5. The number of carbonyl (C=O) groups is 2. The molecule has 0 bridgehead atoms. The molecule has 1 N–H and O–H groups in total. The third-order valence-corrected chi connectivity index (χ3v) is 3.39. The lowest BCUT2D eigenvalue weighted by molar-refractivity contribution is 0.0691. The molecule has 8 heteroatoms. The van der Waals surface area contributed by atoms with Gasteiger partial charge in [-0.25, -0.2) is 9.59 Å². The Bertz CT molecular complexity index is 555. The zero-order valence-corrected chi connectivity index (χ0v) is 12.6. The van der Waals surface area contributed by atoms with E-state index in [0.717, 1.165) is 0 Å². The Morgan fingerprint density at radius 1 is 1.27 bits per heavy atom. The van der Waals surface area contributed by atoms with E-state index < -0.39 is 5.97 Å². The molecule has 2 heterocycles. The maximum atomic E-state index is 11.5. The van der Waals surface area contributed by atoms with E-state index in [-0.39, 0.29) is 17.5 Å². The number of aromatic nitrogens is 1. The van der Waals surface area contributed by atoms with E-state index in [1.165, 1.54) is 13.2 Å². The molecule has 1 saturated heterocycles. The molecule has 0 radical (unpaired) electrons. The first-order chi connectivity index (χ1) is 10.6. The van der Waals surface area contributed by atoms with Gasteiger partial charge in [0.15, 0.2) is 0 Å². The molecule has 1 amide bonds. The zero-order chi connectivity index (χ0) is 16.1. The fourth-order valence-corrected chi connectivity index (χ4v) is 2.26. The number of hydrogen-bond acceptors (Lipinski definition) is 6. The van der Waals surface area contributed by atoms with Gasteiger partial charge < -0.3 is 24.4 Å². The number of ether oxygens (including phenoxy) is 2. The number of hydrogen-bond donors (Lipinski definition) is 1. The van der Waals surface area contributed by atoms with Crippen molar-refractivity contribution in [2.45, 2.75) is 6.92 Å². The standard InChI is InChI=1S/C14H19N3O5/c1-3-22-12-10(13(18)19)4-5-11(15-12)16-6-8-17(9-7-16)14(20)21-2/h4-5H,3,6-9H2,1-2H3,(H,18,19). The highest BCUT2D eigenvalue weighted by atomic mass is 16.5. The van der Waals surface area contributed by atoms with Gasteiger partial charge in [-0.2, -0.15) is 4.98 Å². The molecule has 1 fully saturated rings. The van der Waals surface area contributed by atoms with Crippen molar-refractivity contribution in [2.24, 2.45) is 0 Å². The van der Waals surface area contributed by atoms with Gasteiger partial charge in [0.1, 0.15) is 11.4 Å². The number of rotatable bonds is 4. The predicted octanol–water partition coefficient (Wildman–Crippen LogP) is 1.07. The van der Waals surface area contributed by atoms with Crippen LogP contribution in [0.4, 0.5) is 10.6 Å². The number of amides is 1. The van der Waals surface area contributed by atoms with Crippen LogP contribution in [0.5, 0.6) is 5.88 Å². The molecule has 0 unspecified atom stereocenters. The second kappa shape index (κ2) is 6.97. The summed E-state index contributed by atoms with van der Waals surface area (Å²) in [6.45, 7) is 4.36. The van der Waals surface area contributed by atoms with Crippen molar-refractivity contribution in [3.05, 3.63) is 17.7 Å². The number of piperazine rings is 1. The highest BCUT2D eigenvalue weighted by Gasteiger charge is 2.23. The minimum absolute atomic E-state index is 0.0406. The van der Waals surface area contributed by atoms with E-state index in [1.54, 1.807) is 17.9 Å². The molecule has 1 aromatic rings. The Morgan fingerprint density at radius 3 is 2.50 bits per heavy atom. The average molecular weight is 309 g/mol. The van der Waals surface area contributed by atoms with Gasteiger partial charge >= 0.3 is 12.1 Å². The SMILES string of the molecule is CCOc1nc(N2CCN(C(=O)OC)CC2)ccc1C(=O)O. The molecule has 0 aliphatic carbocycles. The van der Waals surface area contributed by atoms with E-state index in [4.69, 9.17) is 14.6 Å². The number of methoxy groups -OCH3 is 1. The van der Waals surface area contributed by atoms with Gasteiger partial charge in [0.2, 0.25) is 5.88 Å². The number of carboxylic acid groups (broad SMARTS) is 1. The second-order valence-electron chi connectivity index (χ2n) is 4.70. The number of aromatic carboxylic acids is 1. The van der Waals surface area contributed by atoms with Gasteiger partial charge in [-0.3, -0.25) is 0 Å². The van der Waals surface area contributed by atoms with Crippen molar-refractivity contribution in [2.75, 3.05) is 44.8 Å². The minimum atomic E-state index is -1.07. The molecule has 0 atom stereocenters. The summed E-state index contributed by atoms with van der Waals surface area (Å²) in [5, 5.41) is 9.12. The summed E-state index contributed by atoms with van der Waals surface area (Å²) < 4.78 is 9.99. The Hall–Kier alpha value is -2.51. The van der Waals surface area contributed by atoms with Gasteiger partial charge in [0.05, 0.1) is 13.7 Å². The molecule has 0 aromatic carbocycles. The van der Waals surface area contributed by atoms with E-state index in [0.29, 0.717) is 38.6 Å². The first-order valence-corrected chi connectivity index (χ1v) is 7.01. The van der Waals surface area contributed by atoms with Crippen molar-refractivity contribution in [3.8, 4) is 5.88 Å². The number of carbonyl (C=O) groups excluding carboxylic acids is 1. The minimum Gasteiger partial charge on any atom is -0.477 e. The maximum absolute atomic E-state index is 11.5. The normalized spacial score (nSPS) is 14.6. The molecule has 0 saturated carbocycles. The molecule has 1 aliphatic rings. The number of carboxylic acids is 1. The van der Waals surface area contributed by atoms with Crippen LogP contribution < -0.4 is 9.64 Å². The van der Waals surface area contributed by atoms with E-state index >= 15 is 0 Å². The Kier molecular flexibility index (Phi) is 5.03. The molecule has 1 aromatic heterocycles. The Morgan fingerprint density at radius 2 is 1.95 bits per heavy atom. The third kappa shape index (κ3) is 3.38. The number of pyridine rings is 1. The predicted molar refractivity (Wildman–Crippen MR) is 78.6 cm³/mol. The quantitative estimate of drug-likeness (QED) is 0.889. The lowest BCUT2D eigenvalue weighted by atomic mass is 10.2. The smallest absolute Gasteiger partial charge is 0.409 e. The van der Waals surface area contributed by atoms with Crippen molar-refractivity contribution in [1.29, 1.82) is 0 Å². The summed E-state index contributed by atoms with van der Waals surface area (Å²) in [6, 6.07) is 3.14. The number of anilines is 1. The van der Waals surface area contributed by atoms with Crippen LogP contribution in [0.1, 0.15) is 17.3 Å². The number of nitrogens with zero attached hydrogens (tertiary/aromatic N) is 3. The summed E-state index contributed by atoms with van der Waals surface area (Å²) in [7, 11) is 1.36. The molecule has 22 heavy (non-hydrogen) atoms. The van der Waals surface area contributed by atoms with Crippen LogP contribution in [0.2, 0.25) is 0 Å². The van der Waals surface area contributed by atoms with E-state index in [9.17, 15) is 9.59 Å². The van der Waals surface area contributed by atoms with Gasteiger partial charge in [-0.05, 0) is 19.1 Å². The summed E-state index contributed by atoms with van der Waals surface area (Å²) in [5.74, 6) is -0.320. The van der Waals surface area contributed by atoms with Gasteiger partial charge in [-0.15, -0.1) is 0 Å². The first-order valence-electron chi connectivity index (χ1n) is 7.01. The van der Waals surface area contributed by atoms with Crippen LogP contribution >= 0.6 is 0 Å². The fraction of sp³-hybridized carbons (Fsp3) is 0.500. The molecule has 0 spiro atoms. The topological polar surface area (TPSA) is 92.2 Å². The Labute approximate surface area is 128 Å². The summed E-state index contributed by atoms with van der Waals surface area (Å²) in [6.07, 6.45) is -0.344. The monoisotopic (exact) mass is 309 g/mol. The zero-order valence-electron chi connectivity index (χ0n) is 12.6. The highest BCUT2D eigenvalue weighted by molar-refractivity contribution is 5.90. The van der Waals surface area contributed by atoms with Crippen LogP contribution in [0.25, 0.3) is 0 Å². The summed E-state index contributed by atoms with van der Waals surface area (Å²) >= 11 is 0. The van der Waals surface area contributed by atoms with Gasteiger partial charge in [0.25, 0.3) is 0 Å². The van der Waals surface area contributed by atoms with Crippen LogP contribution in [0.3, 0.4) is 0 Å². The lowest BCUT2D eigenvalue weighted by Crippen LogP contribution is -2.49. The molecular weight excluding hydrogens is 290 g/mol. The van der Waals surface area contributed by atoms with Crippen LogP contribution in [0.15, 0.2) is 12.1 Å². The van der Waals surface area contributed by atoms with Crippen molar-refractivity contribution >= 4 is 17.9 Å². The second-order valence-corrected chi connectivity index (χ2v) is 4.70. The Balaban J connectivity index is 2.12. The van der Waals surface area contributed by atoms with Crippen molar-refractivity contribution in [1.82, 2.24) is 9.88 Å². The largest absolute Gasteiger partial charge is 0.477 e. The molecule has 8 nitrogen and oxygen atoms in total. The molecule has 120 valence electrons. The van der Waals surface area contributed by atoms with Crippen molar-refractivity contribution in [3.63, 3.8) is 0 Å². The average Bonchev–Trinajstić information content (AvgIpc) is 2.54. The summed E-state index contributed by atoms with van der Waals surface area (Å²) in [5.41, 5.74) is 0.0406. The lowest BCUT2D eigenvalue weighted by Gasteiger charge is -2.34. The van der Waals surface area contributed by atoms with Gasteiger partial charge in [-0.1, -0.05) is 0 Å². The maximum Gasteiger partial charge on any atom is 0.409 e. The van der Waals surface area contributed by atoms with Crippen molar-refractivity contribution < 1.29 is 24.2 Å². The van der Waals surface area contributed by atoms with Crippen LogP contribution in [-0.4, -0.2) is 66.9 Å². The van der Waals surface area contributed by atoms with Crippen LogP contribution in [0, 0.1) is 0 Å². The highest BCUT2D eigenvalue weighted by Crippen LogP contribution is 2.22. The molecule has 2 rings (SSSR count). The van der Waals surface area contributed by atoms with E-state index in [2.05, 4.69) is 4.98 Å². The molecule has 1 aliphatic heterocycles. The summed E-state index contributed by atoms with van der Waals surface area (Å²) in [4.78, 5) is 30.5. The van der Waals surface area contributed by atoms with Gasteiger partial charge in [0, 0.05) is 26.2 Å².